The van der Waals surface area contributed by atoms with Gasteiger partial charge in [-0.1, -0.05) is 0 Å². The molecule has 0 saturated heterocycles. The van der Waals surface area contributed by atoms with Crippen molar-refractivity contribution in [3.63, 3.8) is 0 Å². The Morgan fingerprint density at radius 1 is 1.17 bits per heavy atom. The van der Waals surface area contributed by atoms with E-state index in [-0.39, 0.29) is 23.4 Å². The van der Waals surface area contributed by atoms with Crippen LogP contribution in [-0.4, -0.2) is 38.4 Å². The number of methoxy groups -OCH3 is 1. The van der Waals surface area contributed by atoms with Crippen molar-refractivity contribution in [1.82, 2.24) is 19.9 Å². The summed E-state index contributed by atoms with van der Waals surface area (Å²) < 4.78 is 6.39. The van der Waals surface area contributed by atoms with Crippen molar-refractivity contribution in [2.24, 2.45) is 0 Å². The predicted octanol–water partition coefficient (Wildman–Crippen LogP) is 2.20. The third kappa shape index (κ3) is 4.43. The molecule has 1 amide bonds. The molecule has 0 unspecified atom stereocenters. The van der Waals surface area contributed by atoms with Crippen LogP contribution in [-0.2, 0) is 11.3 Å². The van der Waals surface area contributed by atoms with Gasteiger partial charge in [-0.15, -0.1) is 0 Å². The van der Waals surface area contributed by atoms with Crippen LogP contribution < -0.4 is 5.32 Å². The number of imidazole rings is 1. The van der Waals surface area contributed by atoms with E-state index in [1.807, 2.05) is 6.92 Å². The van der Waals surface area contributed by atoms with Crippen LogP contribution in [0, 0.1) is 17.0 Å². The number of nitro benzene ring substituents is 1. The maximum Gasteiger partial charge on any atom is 0.338 e. The van der Waals surface area contributed by atoms with Crippen molar-refractivity contribution in [2.75, 3.05) is 7.11 Å². The van der Waals surface area contributed by atoms with Gasteiger partial charge in [0.1, 0.15) is 11.6 Å². The van der Waals surface area contributed by atoms with E-state index in [0.717, 1.165) is 30.6 Å². The molecule has 2 heterocycles. The number of hydrogen-bond donors (Lipinski definition) is 1. The maximum absolute atomic E-state index is 12.5. The van der Waals surface area contributed by atoms with E-state index in [1.54, 1.807) is 35.3 Å². The second kappa shape index (κ2) is 8.30. The van der Waals surface area contributed by atoms with Crippen molar-refractivity contribution in [3.8, 4) is 5.82 Å². The molecule has 29 heavy (non-hydrogen) atoms. The molecule has 0 radical (unpaired) electrons. The minimum atomic E-state index is -0.766. The van der Waals surface area contributed by atoms with E-state index in [9.17, 15) is 19.7 Å². The quantitative estimate of drug-likeness (QED) is 0.385. The molecule has 0 aliphatic rings. The average Bonchev–Trinajstić information content (AvgIpc) is 3.17. The van der Waals surface area contributed by atoms with Gasteiger partial charge in [0.15, 0.2) is 0 Å². The topological polar surface area (TPSA) is 129 Å². The smallest absolute Gasteiger partial charge is 0.338 e. The lowest BCUT2D eigenvalue weighted by Gasteiger charge is -2.09. The number of aromatic nitrogens is 3. The molecule has 10 heteroatoms. The molecule has 0 aliphatic heterocycles. The molecular formula is C19H17N5O5. The van der Waals surface area contributed by atoms with Crippen LogP contribution in [0.1, 0.15) is 32.1 Å². The molecule has 0 bridgehead atoms. The molecule has 10 nitrogen and oxygen atoms in total. The third-order valence-corrected chi connectivity index (χ3v) is 4.15. The zero-order chi connectivity index (χ0) is 21.0. The Balaban J connectivity index is 1.79. The number of non-ortho nitro benzene ring substituents is 1. The highest BCUT2D eigenvalue weighted by Crippen LogP contribution is 2.18. The van der Waals surface area contributed by atoms with E-state index in [0.29, 0.717) is 5.82 Å². The number of nitro groups is 1. The number of amides is 1. The Labute approximate surface area is 165 Å². The number of rotatable bonds is 6. The van der Waals surface area contributed by atoms with Crippen molar-refractivity contribution in [2.45, 2.75) is 13.5 Å². The Bertz CT molecular complexity index is 1090. The van der Waals surface area contributed by atoms with E-state index in [1.165, 1.54) is 6.07 Å². The summed E-state index contributed by atoms with van der Waals surface area (Å²) in [6.45, 7) is 2.01. The summed E-state index contributed by atoms with van der Waals surface area (Å²) in [5.41, 5.74) is 0.308. The number of carbonyl (C=O) groups is 2. The molecule has 0 spiro atoms. The summed E-state index contributed by atoms with van der Waals surface area (Å²) in [4.78, 5) is 43.1. The van der Waals surface area contributed by atoms with E-state index >= 15 is 0 Å². The van der Waals surface area contributed by atoms with Crippen molar-refractivity contribution in [3.05, 3.63) is 81.6 Å². The lowest BCUT2D eigenvalue weighted by molar-refractivity contribution is -0.384. The fraction of sp³-hybridized carbons (Fsp3) is 0.158. The van der Waals surface area contributed by atoms with Crippen molar-refractivity contribution in [1.29, 1.82) is 0 Å². The number of hydrogen-bond acceptors (Lipinski definition) is 7. The van der Waals surface area contributed by atoms with Crippen LogP contribution in [0.25, 0.3) is 5.82 Å². The van der Waals surface area contributed by atoms with Gasteiger partial charge in [-0.2, -0.15) is 0 Å². The standard InChI is InChI=1S/C19H17N5O5/c1-12-20-5-6-23(12)17-7-13(3-4-21-17)11-22-18(25)14-8-15(19(26)29-2)10-16(9-14)24(27)28/h3-10H,11H2,1-2H3,(H,22,25). The molecule has 3 aromatic rings. The monoisotopic (exact) mass is 395 g/mol. The first-order valence-electron chi connectivity index (χ1n) is 8.50. The highest BCUT2D eigenvalue weighted by Gasteiger charge is 2.18. The summed E-state index contributed by atoms with van der Waals surface area (Å²) in [7, 11) is 1.16. The summed E-state index contributed by atoms with van der Waals surface area (Å²) in [5.74, 6) is 0.0916. The highest BCUT2D eigenvalue weighted by molar-refractivity contribution is 5.98. The molecule has 0 fully saturated rings. The number of benzene rings is 1. The summed E-state index contributed by atoms with van der Waals surface area (Å²) >= 11 is 0. The van der Waals surface area contributed by atoms with Crippen LogP contribution in [0.2, 0.25) is 0 Å². The number of nitrogens with zero attached hydrogens (tertiary/aromatic N) is 4. The number of nitrogens with one attached hydrogen (secondary N) is 1. The van der Waals surface area contributed by atoms with Gasteiger partial charge in [0.2, 0.25) is 0 Å². The Kier molecular flexibility index (Phi) is 5.63. The predicted molar refractivity (Wildman–Crippen MR) is 102 cm³/mol. The van der Waals surface area contributed by atoms with Gasteiger partial charge >= 0.3 is 5.97 Å². The molecule has 148 valence electrons. The number of ether oxygens (including phenoxy) is 1. The normalized spacial score (nSPS) is 10.4. The van der Waals surface area contributed by atoms with Crippen molar-refractivity contribution >= 4 is 17.6 Å². The van der Waals surface area contributed by atoms with Gasteiger partial charge in [-0.25, -0.2) is 14.8 Å². The van der Waals surface area contributed by atoms with Crippen LogP contribution in [0.15, 0.2) is 48.9 Å². The fourth-order valence-electron chi connectivity index (χ4n) is 2.69. The first kappa shape index (κ1) is 19.7. The minimum Gasteiger partial charge on any atom is -0.465 e. The Morgan fingerprint density at radius 2 is 1.93 bits per heavy atom. The molecule has 0 atom stereocenters. The highest BCUT2D eigenvalue weighted by atomic mass is 16.6. The Hall–Kier alpha value is -4.08. The SMILES string of the molecule is COC(=O)c1cc(C(=O)NCc2ccnc(-n3ccnc3C)c2)cc([N+](=O)[O-])c1. The number of pyridine rings is 1. The summed E-state index contributed by atoms with van der Waals surface area (Å²) in [5, 5.41) is 13.8. The maximum atomic E-state index is 12.5. The van der Waals surface area contributed by atoms with Crippen LogP contribution >= 0.6 is 0 Å². The molecule has 0 saturated carbocycles. The number of esters is 1. The van der Waals surface area contributed by atoms with E-state index in [4.69, 9.17) is 0 Å². The van der Waals surface area contributed by atoms with Gasteiger partial charge in [-0.05, 0) is 30.7 Å². The summed E-state index contributed by atoms with van der Waals surface area (Å²) in [6, 6.07) is 6.95. The zero-order valence-corrected chi connectivity index (χ0v) is 15.7. The summed E-state index contributed by atoms with van der Waals surface area (Å²) in [6.07, 6.45) is 5.04. The number of carbonyl (C=O) groups excluding carboxylic acids is 2. The van der Waals surface area contributed by atoms with Gasteiger partial charge in [0.05, 0.1) is 17.6 Å². The minimum absolute atomic E-state index is 0.0145. The molecule has 1 aromatic carbocycles. The lowest BCUT2D eigenvalue weighted by Crippen LogP contribution is -2.23. The average molecular weight is 395 g/mol. The first-order valence-corrected chi connectivity index (χ1v) is 8.50. The van der Waals surface area contributed by atoms with Gasteiger partial charge in [0, 0.05) is 42.8 Å². The van der Waals surface area contributed by atoms with Gasteiger partial charge in [-0.3, -0.25) is 19.5 Å². The fourth-order valence-corrected chi connectivity index (χ4v) is 2.69. The lowest BCUT2D eigenvalue weighted by atomic mass is 10.1. The van der Waals surface area contributed by atoms with E-state index < -0.39 is 16.8 Å². The molecule has 1 N–H and O–H groups in total. The largest absolute Gasteiger partial charge is 0.465 e. The van der Waals surface area contributed by atoms with Crippen LogP contribution in [0.5, 0.6) is 0 Å². The second-order valence-corrected chi connectivity index (χ2v) is 6.07. The second-order valence-electron chi connectivity index (χ2n) is 6.07. The molecular weight excluding hydrogens is 378 g/mol. The van der Waals surface area contributed by atoms with Crippen molar-refractivity contribution < 1.29 is 19.2 Å². The molecule has 2 aromatic heterocycles. The number of aryl methyl sites for hydroxylation is 1. The molecule has 3 rings (SSSR count). The molecule has 0 aliphatic carbocycles. The first-order chi connectivity index (χ1) is 13.9. The zero-order valence-electron chi connectivity index (χ0n) is 15.7. The van der Waals surface area contributed by atoms with Gasteiger partial charge in [0.25, 0.3) is 11.6 Å². The van der Waals surface area contributed by atoms with Crippen LogP contribution in [0.3, 0.4) is 0 Å². The Morgan fingerprint density at radius 3 is 2.59 bits per heavy atom. The van der Waals surface area contributed by atoms with E-state index in [2.05, 4.69) is 20.0 Å². The third-order valence-electron chi connectivity index (χ3n) is 4.15. The van der Waals surface area contributed by atoms with Gasteiger partial charge < -0.3 is 10.1 Å². The van der Waals surface area contributed by atoms with Crippen LogP contribution in [0.4, 0.5) is 5.69 Å².